The number of esters is 1. The number of benzene rings is 2. The Hall–Kier alpha value is -2.24. The Balaban J connectivity index is 1.92. The smallest absolute Gasteiger partial charge is 0.313 e. The van der Waals surface area contributed by atoms with Crippen LogP contribution in [0.1, 0.15) is 18.4 Å². The van der Waals surface area contributed by atoms with Gasteiger partial charge in [-0.3, -0.25) is 4.79 Å². The maximum absolute atomic E-state index is 14.4. The van der Waals surface area contributed by atoms with Crippen molar-refractivity contribution < 1.29 is 23.4 Å². The predicted molar refractivity (Wildman–Crippen MR) is 93.9 cm³/mol. The monoisotopic (exact) mass is 346 g/mol. The van der Waals surface area contributed by atoms with Crippen LogP contribution in [0.4, 0.5) is 4.39 Å². The number of hydrogen-bond acceptors (Lipinski definition) is 4. The molecule has 0 amide bonds. The molecule has 0 bridgehead atoms. The molecule has 2 aromatic carbocycles. The number of carbonyl (C=O) groups excluding carboxylic acids is 1. The fraction of sp³-hybridized carbons (Fsp3) is 0.350. The van der Waals surface area contributed by atoms with Gasteiger partial charge >= 0.3 is 5.97 Å². The standard InChI is InChI=1S/C20H23FO4/c1-15(20(22)25-13-12-24-11-10-23-2)17-8-9-18(19(21)14-17)16-6-4-3-5-7-16/h3-9,14-15H,10-13H2,1-2H3. The molecule has 1 unspecified atom stereocenters. The number of carbonyl (C=O) groups is 1. The van der Waals surface area contributed by atoms with Gasteiger partial charge in [0, 0.05) is 12.7 Å². The van der Waals surface area contributed by atoms with Crippen LogP contribution in [0.15, 0.2) is 48.5 Å². The molecule has 5 heteroatoms. The van der Waals surface area contributed by atoms with Gasteiger partial charge in [-0.05, 0) is 24.1 Å². The third kappa shape index (κ3) is 5.66. The molecule has 0 aliphatic rings. The molecule has 2 rings (SSSR count). The zero-order chi connectivity index (χ0) is 18.1. The van der Waals surface area contributed by atoms with E-state index >= 15 is 0 Å². The van der Waals surface area contributed by atoms with Crippen LogP contribution in [0, 0.1) is 5.82 Å². The molecule has 0 spiro atoms. The van der Waals surface area contributed by atoms with Crippen LogP contribution in [0.5, 0.6) is 0 Å². The van der Waals surface area contributed by atoms with Crippen molar-refractivity contribution in [1.82, 2.24) is 0 Å². The molecule has 0 heterocycles. The minimum absolute atomic E-state index is 0.164. The Morgan fingerprint density at radius 2 is 1.76 bits per heavy atom. The van der Waals surface area contributed by atoms with Crippen LogP contribution in [-0.2, 0) is 19.0 Å². The van der Waals surface area contributed by atoms with E-state index in [0.717, 1.165) is 5.56 Å². The second-order valence-corrected chi connectivity index (χ2v) is 5.60. The summed E-state index contributed by atoms with van der Waals surface area (Å²) in [5, 5.41) is 0. The molecule has 0 saturated heterocycles. The molecular weight excluding hydrogens is 323 g/mol. The van der Waals surface area contributed by atoms with E-state index in [4.69, 9.17) is 14.2 Å². The van der Waals surface area contributed by atoms with E-state index in [0.29, 0.717) is 30.9 Å². The molecule has 0 N–H and O–H groups in total. The zero-order valence-corrected chi connectivity index (χ0v) is 14.5. The Bertz CT molecular complexity index is 673. The highest BCUT2D eigenvalue weighted by Gasteiger charge is 2.18. The lowest BCUT2D eigenvalue weighted by molar-refractivity contribution is -0.146. The van der Waals surface area contributed by atoms with E-state index in [-0.39, 0.29) is 12.4 Å². The van der Waals surface area contributed by atoms with E-state index < -0.39 is 11.9 Å². The molecule has 0 radical (unpaired) electrons. The molecule has 0 aromatic heterocycles. The van der Waals surface area contributed by atoms with Crippen molar-refractivity contribution in [2.45, 2.75) is 12.8 Å². The van der Waals surface area contributed by atoms with E-state index in [1.165, 1.54) is 6.07 Å². The molecule has 1 atom stereocenters. The van der Waals surface area contributed by atoms with E-state index in [1.807, 2.05) is 30.3 Å². The highest BCUT2D eigenvalue weighted by Crippen LogP contribution is 2.26. The topological polar surface area (TPSA) is 44.8 Å². The number of hydrogen-bond donors (Lipinski definition) is 0. The van der Waals surface area contributed by atoms with Crippen molar-refractivity contribution in [2.75, 3.05) is 33.5 Å². The zero-order valence-electron chi connectivity index (χ0n) is 14.5. The lowest BCUT2D eigenvalue weighted by Crippen LogP contribution is -2.17. The Morgan fingerprint density at radius 3 is 2.44 bits per heavy atom. The molecule has 0 saturated carbocycles. The summed E-state index contributed by atoms with van der Waals surface area (Å²) in [6.07, 6.45) is 0. The lowest BCUT2D eigenvalue weighted by atomic mass is 9.97. The van der Waals surface area contributed by atoms with Crippen LogP contribution < -0.4 is 0 Å². The van der Waals surface area contributed by atoms with Gasteiger partial charge in [0.15, 0.2) is 0 Å². The maximum atomic E-state index is 14.4. The van der Waals surface area contributed by atoms with Crippen LogP contribution in [-0.4, -0.2) is 39.5 Å². The second-order valence-electron chi connectivity index (χ2n) is 5.60. The van der Waals surface area contributed by atoms with E-state index in [2.05, 4.69) is 0 Å². The first-order valence-corrected chi connectivity index (χ1v) is 8.21. The summed E-state index contributed by atoms with van der Waals surface area (Å²) in [4.78, 5) is 12.1. The third-order valence-electron chi connectivity index (χ3n) is 3.84. The van der Waals surface area contributed by atoms with Gasteiger partial charge in [-0.1, -0.05) is 42.5 Å². The number of methoxy groups -OCH3 is 1. The average molecular weight is 346 g/mol. The normalized spacial score (nSPS) is 12.0. The highest BCUT2D eigenvalue weighted by molar-refractivity contribution is 5.78. The minimum atomic E-state index is -0.543. The summed E-state index contributed by atoms with van der Waals surface area (Å²) in [5.74, 6) is -1.30. The lowest BCUT2D eigenvalue weighted by Gasteiger charge is -2.13. The van der Waals surface area contributed by atoms with Crippen molar-refractivity contribution >= 4 is 5.97 Å². The number of ether oxygens (including phenoxy) is 3. The molecule has 2 aromatic rings. The first kappa shape index (κ1) is 19.1. The Labute approximate surface area is 147 Å². The van der Waals surface area contributed by atoms with Crippen LogP contribution >= 0.6 is 0 Å². The fourth-order valence-electron chi connectivity index (χ4n) is 2.36. The Kier molecular flexibility index (Phi) is 7.57. The fourth-order valence-corrected chi connectivity index (χ4v) is 2.36. The third-order valence-corrected chi connectivity index (χ3v) is 3.84. The minimum Gasteiger partial charge on any atom is -0.463 e. The summed E-state index contributed by atoms with van der Waals surface area (Å²) in [5.41, 5.74) is 1.90. The molecule has 25 heavy (non-hydrogen) atoms. The van der Waals surface area contributed by atoms with Crippen LogP contribution in [0.2, 0.25) is 0 Å². The average Bonchev–Trinajstić information content (AvgIpc) is 2.64. The van der Waals surface area contributed by atoms with Crippen LogP contribution in [0.25, 0.3) is 11.1 Å². The summed E-state index contributed by atoms with van der Waals surface area (Å²) in [6, 6.07) is 14.1. The second kappa shape index (κ2) is 9.91. The molecule has 0 fully saturated rings. The molecule has 0 aliphatic heterocycles. The molecule has 134 valence electrons. The number of halogens is 1. The van der Waals surface area contributed by atoms with Gasteiger partial charge in [-0.25, -0.2) is 4.39 Å². The van der Waals surface area contributed by atoms with Gasteiger partial charge in [0.25, 0.3) is 0 Å². The quantitative estimate of drug-likeness (QED) is 0.512. The molecule has 0 aliphatic carbocycles. The van der Waals surface area contributed by atoms with Gasteiger partial charge < -0.3 is 14.2 Å². The summed E-state index contributed by atoms with van der Waals surface area (Å²) in [7, 11) is 1.59. The largest absolute Gasteiger partial charge is 0.463 e. The summed E-state index contributed by atoms with van der Waals surface area (Å²) < 4.78 is 29.6. The predicted octanol–water partition coefficient (Wildman–Crippen LogP) is 3.80. The van der Waals surface area contributed by atoms with Gasteiger partial charge in [0.05, 0.1) is 25.7 Å². The first-order chi connectivity index (χ1) is 12.1. The van der Waals surface area contributed by atoms with Crippen LogP contribution in [0.3, 0.4) is 0 Å². The first-order valence-electron chi connectivity index (χ1n) is 8.21. The number of rotatable bonds is 9. The van der Waals surface area contributed by atoms with Crippen molar-refractivity contribution in [3.05, 3.63) is 59.9 Å². The highest BCUT2D eigenvalue weighted by atomic mass is 19.1. The van der Waals surface area contributed by atoms with Crippen molar-refractivity contribution in [3.8, 4) is 11.1 Å². The van der Waals surface area contributed by atoms with E-state index in [1.54, 1.807) is 26.2 Å². The summed E-state index contributed by atoms with van der Waals surface area (Å²) in [6.45, 7) is 3.12. The van der Waals surface area contributed by atoms with Crippen molar-refractivity contribution in [1.29, 1.82) is 0 Å². The van der Waals surface area contributed by atoms with E-state index in [9.17, 15) is 9.18 Å². The Morgan fingerprint density at radius 1 is 1.04 bits per heavy atom. The van der Waals surface area contributed by atoms with Gasteiger partial charge in [0.2, 0.25) is 0 Å². The van der Waals surface area contributed by atoms with Gasteiger partial charge in [0.1, 0.15) is 12.4 Å². The summed E-state index contributed by atoms with van der Waals surface area (Å²) >= 11 is 0. The van der Waals surface area contributed by atoms with Gasteiger partial charge in [-0.15, -0.1) is 0 Å². The van der Waals surface area contributed by atoms with Crippen molar-refractivity contribution in [3.63, 3.8) is 0 Å². The van der Waals surface area contributed by atoms with Crippen molar-refractivity contribution in [2.24, 2.45) is 0 Å². The SMILES string of the molecule is COCCOCCOC(=O)C(C)c1ccc(-c2ccccc2)c(F)c1. The maximum Gasteiger partial charge on any atom is 0.313 e. The van der Waals surface area contributed by atoms with Gasteiger partial charge in [-0.2, -0.15) is 0 Å². The molecule has 4 nitrogen and oxygen atoms in total. The molecular formula is C20H23FO4.